The van der Waals surface area contributed by atoms with E-state index in [2.05, 4.69) is 20.3 Å². The second-order valence-corrected chi connectivity index (χ2v) is 9.08. The Morgan fingerprint density at radius 3 is 2.74 bits per heavy atom. The summed E-state index contributed by atoms with van der Waals surface area (Å²) in [4.78, 5) is 12.8. The van der Waals surface area contributed by atoms with Gasteiger partial charge in [-0.25, -0.2) is 4.98 Å². The number of benzene rings is 1. The zero-order chi connectivity index (χ0) is 21.9. The number of rotatable bonds is 3. The molecule has 5 rings (SSSR count). The fourth-order valence-corrected chi connectivity index (χ4v) is 5.56. The van der Waals surface area contributed by atoms with Gasteiger partial charge < -0.3 is 15.5 Å². The molecule has 1 aliphatic carbocycles. The molecule has 0 amide bonds. The quantitative estimate of drug-likeness (QED) is 0.502. The van der Waals surface area contributed by atoms with Gasteiger partial charge in [-0.05, 0) is 47.7 Å². The predicted octanol–water partition coefficient (Wildman–Crippen LogP) is 3.57. The molecule has 1 fully saturated rings. The second kappa shape index (κ2) is 7.51. The maximum absolute atomic E-state index is 13.0. The number of alkyl halides is 3. The lowest BCUT2D eigenvalue weighted by atomic mass is 10.0. The number of halogens is 4. The monoisotopic (exact) mass is 471 g/mol. The Morgan fingerprint density at radius 1 is 1.23 bits per heavy atom. The zero-order valence-electron chi connectivity index (χ0n) is 15.8. The molecule has 2 aliphatic rings. The number of aryl methyl sites for hydroxylation is 1. The number of thioether (sulfide) groups is 1. The van der Waals surface area contributed by atoms with E-state index in [1.807, 2.05) is 0 Å². The van der Waals surface area contributed by atoms with Crippen LogP contribution in [0.1, 0.15) is 34.5 Å². The van der Waals surface area contributed by atoms with Gasteiger partial charge in [-0.3, -0.25) is 4.57 Å². The summed E-state index contributed by atoms with van der Waals surface area (Å²) in [5.74, 6) is 0.748. The van der Waals surface area contributed by atoms with Crippen LogP contribution in [0, 0.1) is 0 Å². The minimum atomic E-state index is -4.38. The van der Waals surface area contributed by atoms with Crippen LogP contribution in [0.2, 0.25) is 5.28 Å². The van der Waals surface area contributed by atoms with Gasteiger partial charge in [0.05, 0.1) is 24.0 Å². The van der Waals surface area contributed by atoms with Gasteiger partial charge in [0.15, 0.2) is 17.0 Å². The van der Waals surface area contributed by atoms with Crippen molar-refractivity contribution in [1.29, 1.82) is 0 Å². The van der Waals surface area contributed by atoms with Crippen molar-refractivity contribution in [2.75, 3.05) is 11.1 Å². The van der Waals surface area contributed by atoms with E-state index >= 15 is 0 Å². The van der Waals surface area contributed by atoms with Crippen LogP contribution in [0.5, 0.6) is 0 Å². The van der Waals surface area contributed by atoms with Gasteiger partial charge in [-0.15, -0.1) is 11.8 Å². The van der Waals surface area contributed by atoms with Gasteiger partial charge >= 0.3 is 6.18 Å². The van der Waals surface area contributed by atoms with Crippen molar-refractivity contribution in [3.8, 4) is 0 Å². The summed E-state index contributed by atoms with van der Waals surface area (Å²) in [5.41, 5.74) is 1.60. The third kappa shape index (κ3) is 3.63. The van der Waals surface area contributed by atoms with Crippen molar-refractivity contribution in [1.82, 2.24) is 19.5 Å². The van der Waals surface area contributed by atoms with Gasteiger partial charge in [-0.2, -0.15) is 23.1 Å². The molecule has 7 nitrogen and oxygen atoms in total. The molecule has 0 unspecified atom stereocenters. The first kappa shape index (κ1) is 20.8. The Kier molecular flexibility index (Phi) is 5.04. The highest BCUT2D eigenvalue weighted by atomic mass is 35.5. The molecule has 0 saturated carbocycles. The highest BCUT2D eigenvalue weighted by Crippen LogP contribution is 2.41. The molecule has 4 atom stereocenters. The van der Waals surface area contributed by atoms with Crippen LogP contribution in [-0.4, -0.2) is 47.7 Å². The fraction of sp³-hybridized carbons (Fsp3) is 0.421. The summed E-state index contributed by atoms with van der Waals surface area (Å²) < 4.78 is 40.7. The Labute approximate surface area is 183 Å². The highest BCUT2D eigenvalue weighted by Gasteiger charge is 2.37. The summed E-state index contributed by atoms with van der Waals surface area (Å²) >= 11 is 7.51. The fourth-order valence-electron chi connectivity index (χ4n) is 4.11. The molecule has 1 saturated heterocycles. The highest BCUT2D eigenvalue weighted by molar-refractivity contribution is 7.99. The maximum Gasteiger partial charge on any atom is 0.416 e. The normalized spacial score (nSPS) is 25.9. The van der Waals surface area contributed by atoms with Crippen LogP contribution < -0.4 is 5.32 Å². The Hall–Kier alpha value is -2.08. The molecule has 2 aromatic heterocycles. The molecular weight excluding hydrogens is 455 g/mol. The average molecular weight is 472 g/mol. The van der Waals surface area contributed by atoms with Crippen molar-refractivity contribution in [2.24, 2.45) is 0 Å². The summed E-state index contributed by atoms with van der Waals surface area (Å²) in [5, 5.41) is 22.9. The molecular formula is C19H17ClF3N5O2S. The number of fused-ring (bicyclic) bond motifs is 2. The molecule has 1 aliphatic heterocycles. The van der Waals surface area contributed by atoms with Gasteiger partial charge in [0.1, 0.15) is 11.5 Å². The molecule has 3 N–H and O–H groups in total. The minimum absolute atomic E-state index is 0.0274. The van der Waals surface area contributed by atoms with Crippen molar-refractivity contribution in [3.63, 3.8) is 0 Å². The largest absolute Gasteiger partial charge is 0.416 e. The number of anilines is 1. The number of nitrogens with zero attached hydrogens (tertiary/aromatic N) is 4. The van der Waals surface area contributed by atoms with Crippen LogP contribution in [0.15, 0.2) is 24.5 Å². The number of nitrogens with one attached hydrogen (secondary N) is 1. The molecule has 164 valence electrons. The van der Waals surface area contributed by atoms with E-state index in [4.69, 9.17) is 11.6 Å². The molecule has 12 heteroatoms. The lowest BCUT2D eigenvalue weighted by Gasteiger charge is -2.18. The van der Waals surface area contributed by atoms with E-state index in [1.165, 1.54) is 30.2 Å². The van der Waals surface area contributed by atoms with Crippen LogP contribution in [0.4, 0.5) is 19.0 Å². The number of hydrogen-bond donors (Lipinski definition) is 3. The zero-order valence-corrected chi connectivity index (χ0v) is 17.4. The van der Waals surface area contributed by atoms with E-state index in [-0.39, 0.29) is 11.3 Å². The van der Waals surface area contributed by atoms with Crippen LogP contribution in [0.25, 0.3) is 11.2 Å². The first-order chi connectivity index (χ1) is 14.7. The van der Waals surface area contributed by atoms with Crippen molar-refractivity contribution in [3.05, 3.63) is 46.5 Å². The first-order valence-corrected chi connectivity index (χ1v) is 11.0. The van der Waals surface area contributed by atoms with Crippen molar-refractivity contribution in [2.45, 2.75) is 42.6 Å². The molecule has 0 bridgehead atoms. The standard InChI is InChI=1S/C19H17ClF3N5O2S/c20-18-26-15(13-16(27-18)28(7-24-13)17-14(30)12(29)6-31-17)25-11-4-1-8-5-9(19(21,22)23)2-3-10(8)11/h2-3,5,7,11-12,14,17,29-30H,1,4,6H2,(H,25,26,27)/t11-,12-,14-,17-/m1/s1. The third-order valence-electron chi connectivity index (χ3n) is 5.65. The summed E-state index contributed by atoms with van der Waals surface area (Å²) in [6.45, 7) is 0. The first-order valence-electron chi connectivity index (χ1n) is 9.57. The Bertz CT molecular complexity index is 1160. The predicted molar refractivity (Wildman–Crippen MR) is 110 cm³/mol. The summed E-state index contributed by atoms with van der Waals surface area (Å²) in [6.07, 6.45) is -3.58. The van der Waals surface area contributed by atoms with Gasteiger partial charge in [-0.1, -0.05) is 6.07 Å². The SMILES string of the molecule is O[C@@H]1[C@H](O)CS[C@H]1n1cnc2c(N[C@@H]3CCc4cc(C(F)(F)F)ccc43)nc(Cl)nc21. The number of aliphatic hydroxyl groups excluding tert-OH is 2. The number of hydrogen-bond acceptors (Lipinski definition) is 7. The van der Waals surface area contributed by atoms with Crippen molar-refractivity contribution >= 4 is 40.3 Å². The number of imidazole rings is 1. The van der Waals surface area contributed by atoms with E-state index in [0.29, 0.717) is 41.1 Å². The minimum Gasteiger partial charge on any atom is -0.389 e. The van der Waals surface area contributed by atoms with Crippen LogP contribution in [-0.2, 0) is 12.6 Å². The molecule has 3 aromatic rings. The molecule has 0 spiro atoms. The lowest BCUT2D eigenvalue weighted by molar-refractivity contribution is -0.137. The van der Waals surface area contributed by atoms with Crippen LogP contribution >= 0.6 is 23.4 Å². The summed E-state index contributed by atoms with van der Waals surface area (Å²) in [6, 6.07) is 3.53. The Morgan fingerprint density at radius 2 is 2.03 bits per heavy atom. The number of aromatic nitrogens is 4. The van der Waals surface area contributed by atoms with E-state index in [9.17, 15) is 23.4 Å². The van der Waals surface area contributed by atoms with E-state index in [1.54, 1.807) is 4.57 Å². The molecule has 0 radical (unpaired) electrons. The van der Waals surface area contributed by atoms with Gasteiger partial charge in [0.25, 0.3) is 0 Å². The van der Waals surface area contributed by atoms with Gasteiger partial charge in [0.2, 0.25) is 5.28 Å². The molecule has 31 heavy (non-hydrogen) atoms. The lowest BCUT2D eigenvalue weighted by Crippen LogP contribution is -2.27. The Balaban J connectivity index is 1.48. The van der Waals surface area contributed by atoms with Crippen molar-refractivity contribution < 1.29 is 23.4 Å². The smallest absolute Gasteiger partial charge is 0.389 e. The summed E-state index contributed by atoms with van der Waals surface area (Å²) in [7, 11) is 0. The van der Waals surface area contributed by atoms with Crippen LogP contribution in [0.3, 0.4) is 0 Å². The van der Waals surface area contributed by atoms with E-state index in [0.717, 1.165) is 11.6 Å². The van der Waals surface area contributed by atoms with Gasteiger partial charge in [0, 0.05) is 5.75 Å². The molecule has 3 heterocycles. The second-order valence-electron chi connectivity index (χ2n) is 7.59. The van der Waals surface area contributed by atoms with E-state index < -0.39 is 29.3 Å². The third-order valence-corrected chi connectivity index (χ3v) is 7.20. The number of aliphatic hydroxyl groups is 2. The molecule has 1 aromatic carbocycles. The topological polar surface area (TPSA) is 96.1 Å². The average Bonchev–Trinajstić information content (AvgIpc) is 3.39. The maximum atomic E-state index is 13.0.